The molecule has 2 atom stereocenters. The number of aliphatic hydroxyl groups is 1. The summed E-state index contributed by atoms with van der Waals surface area (Å²) < 4.78 is 23.9. The van der Waals surface area contributed by atoms with Gasteiger partial charge in [0, 0.05) is 0 Å². The van der Waals surface area contributed by atoms with E-state index in [0.717, 1.165) is 24.8 Å². The van der Waals surface area contributed by atoms with Crippen LogP contribution < -0.4 is 0 Å². The van der Waals surface area contributed by atoms with E-state index in [4.69, 9.17) is 0 Å². The zero-order valence-corrected chi connectivity index (χ0v) is 12.2. The van der Waals surface area contributed by atoms with E-state index >= 15 is 0 Å². The molecule has 106 valence electrons. The van der Waals surface area contributed by atoms with Crippen molar-refractivity contribution in [2.75, 3.05) is 5.75 Å². The summed E-state index contributed by atoms with van der Waals surface area (Å²) in [5.41, 5.74) is 2.26. The molecule has 1 aromatic carbocycles. The van der Waals surface area contributed by atoms with Crippen LogP contribution in [0.15, 0.2) is 24.3 Å². The van der Waals surface area contributed by atoms with Gasteiger partial charge in [-0.25, -0.2) is 8.42 Å². The third-order valence-electron chi connectivity index (χ3n) is 3.93. The largest absolute Gasteiger partial charge is 0.391 e. The smallest absolute Gasteiger partial charge is 0.155 e. The fourth-order valence-corrected chi connectivity index (χ4v) is 4.71. The molecule has 1 aliphatic heterocycles. The summed E-state index contributed by atoms with van der Waals surface area (Å²) in [4.78, 5) is 0. The average molecular weight is 282 g/mol. The molecule has 2 rings (SSSR count). The standard InChI is InChI=1S/C15H22O3S/c1-2-12-6-8-13(9-7-12)11-14(16)15-5-3-4-10-19(15,17)18/h6-9,14-16H,2-5,10-11H2,1H3. The van der Waals surface area contributed by atoms with Gasteiger partial charge in [-0.05, 0) is 36.8 Å². The van der Waals surface area contributed by atoms with Crippen molar-refractivity contribution in [3.05, 3.63) is 35.4 Å². The zero-order chi connectivity index (χ0) is 13.9. The van der Waals surface area contributed by atoms with E-state index in [1.54, 1.807) is 0 Å². The Morgan fingerprint density at radius 3 is 2.42 bits per heavy atom. The lowest BCUT2D eigenvalue weighted by Crippen LogP contribution is -2.39. The van der Waals surface area contributed by atoms with Gasteiger partial charge in [0.1, 0.15) is 0 Å². The number of aliphatic hydroxyl groups excluding tert-OH is 1. The van der Waals surface area contributed by atoms with Crippen LogP contribution in [0.5, 0.6) is 0 Å². The highest BCUT2D eigenvalue weighted by Gasteiger charge is 2.34. The summed E-state index contributed by atoms with van der Waals surface area (Å²) in [6, 6.07) is 8.05. The maximum atomic E-state index is 12.0. The van der Waals surface area contributed by atoms with Gasteiger partial charge >= 0.3 is 0 Å². The van der Waals surface area contributed by atoms with Gasteiger partial charge in [-0.1, -0.05) is 37.6 Å². The van der Waals surface area contributed by atoms with Crippen LogP contribution in [0.3, 0.4) is 0 Å². The van der Waals surface area contributed by atoms with Gasteiger partial charge in [-0.2, -0.15) is 0 Å². The van der Waals surface area contributed by atoms with E-state index < -0.39 is 21.2 Å². The first-order chi connectivity index (χ1) is 9.03. The van der Waals surface area contributed by atoms with Crippen LogP contribution in [0.1, 0.15) is 37.3 Å². The molecule has 1 aromatic rings. The van der Waals surface area contributed by atoms with Crippen LogP contribution in [0.4, 0.5) is 0 Å². The number of hydrogen-bond acceptors (Lipinski definition) is 3. The lowest BCUT2D eigenvalue weighted by Gasteiger charge is -2.26. The second-order valence-corrected chi connectivity index (χ2v) is 7.68. The van der Waals surface area contributed by atoms with Crippen LogP contribution >= 0.6 is 0 Å². The van der Waals surface area contributed by atoms with E-state index in [-0.39, 0.29) is 5.75 Å². The number of aryl methyl sites for hydroxylation is 1. The van der Waals surface area contributed by atoms with Crippen molar-refractivity contribution in [2.45, 2.75) is 50.4 Å². The quantitative estimate of drug-likeness (QED) is 0.920. The number of rotatable bonds is 4. The first kappa shape index (κ1) is 14.5. The molecule has 1 N–H and O–H groups in total. The monoisotopic (exact) mass is 282 g/mol. The van der Waals surface area contributed by atoms with Gasteiger partial charge in [0.25, 0.3) is 0 Å². The second-order valence-electron chi connectivity index (χ2n) is 5.34. The maximum Gasteiger partial charge on any atom is 0.155 e. The average Bonchev–Trinajstić information content (AvgIpc) is 2.39. The van der Waals surface area contributed by atoms with Gasteiger partial charge in [0.2, 0.25) is 0 Å². The zero-order valence-electron chi connectivity index (χ0n) is 11.4. The highest BCUT2D eigenvalue weighted by Crippen LogP contribution is 2.24. The molecular weight excluding hydrogens is 260 g/mol. The molecule has 1 fully saturated rings. The molecule has 3 nitrogen and oxygen atoms in total. The Hall–Kier alpha value is -0.870. The van der Waals surface area contributed by atoms with E-state index in [0.29, 0.717) is 12.8 Å². The van der Waals surface area contributed by atoms with Gasteiger partial charge in [-0.3, -0.25) is 0 Å². The molecule has 1 aliphatic rings. The number of hydrogen-bond donors (Lipinski definition) is 1. The van der Waals surface area contributed by atoms with Gasteiger partial charge in [-0.15, -0.1) is 0 Å². The van der Waals surface area contributed by atoms with Crippen molar-refractivity contribution >= 4 is 9.84 Å². The van der Waals surface area contributed by atoms with Crippen LogP contribution in [0.25, 0.3) is 0 Å². The predicted octanol–water partition coefficient (Wildman–Crippen LogP) is 2.12. The number of benzene rings is 1. The van der Waals surface area contributed by atoms with Gasteiger partial charge in [0.15, 0.2) is 9.84 Å². The molecule has 0 saturated carbocycles. The summed E-state index contributed by atoms with van der Waals surface area (Å²) in [7, 11) is -3.11. The summed E-state index contributed by atoms with van der Waals surface area (Å²) in [6.45, 7) is 2.10. The van der Waals surface area contributed by atoms with E-state index in [1.165, 1.54) is 5.56 Å². The molecule has 0 bridgehead atoms. The lowest BCUT2D eigenvalue weighted by atomic mass is 10.0. The summed E-state index contributed by atoms with van der Waals surface area (Å²) in [6.07, 6.45) is 2.86. The molecule has 0 amide bonds. The highest BCUT2D eigenvalue weighted by molar-refractivity contribution is 7.92. The maximum absolute atomic E-state index is 12.0. The minimum Gasteiger partial charge on any atom is -0.391 e. The third-order valence-corrected chi connectivity index (χ3v) is 6.26. The molecule has 1 saturated heterocycles. The Morgan fingerprint density at radius 1 is 1.21 bits per heavy atom. The van der Waals surface area contributed by atoms with E-state index in [9.17, 15) is 13.5 Å². The normalized spacial score (nSPS) is 24.0. The van der Waals surface area contributed by atoms with Crippen molar-refractivity contribution < 1.29 is 13.5 Å². The Labute approximate surface area is 115 Å². The molecule has 0 aliphatic carbocycles. The van der Waals surface area contributed by atoms with Crippen molar-refractivity contribution in [1.82, 2.24) is 0 Å². The minimum atomic E-state index is -3.11. The van der Waals surface area contributed by atoms with Crippen LogP contribution in [0.2, 0.25) is 0 Å². The van der Waals surface area contributed by atoms with Crippen molar-refractivity contribution in [3.63, 3.8) is 0 Å². The first-order valence-corrected chi connectivity index (χ1v) is 8.72. The SMILES string of the molecule is CCc1ccc(CC(O)C2CCCCS2(=O)=O)cc1. The Bertz CT molecular complexity index is 505. The molecule has 2 unspecified atom stereocenters. The molecule has 0 aromatic heterocycles. The molecule has 4 heteroatoms. The molecular formula is C15H22O3S. The van der Waals surface area contributed by atoms with Crippen LogP contribution in [0, 0.1) is 0 Å². The summed E-state index contributed by atoms with van der Waals surface area (Å²) in [5, 5.41) is 9.63. The fraction of sp³-hybridized carbons (Fsp3) is 0.600. The minimum absolute atomic E-state index is 0.226. The van der Waals surface area contributed by atoms with Crippen molar-refractivity contribution in [3.8, 4) is 0 Å². The van der Waals surface area contributed by atoms with Crippen molar-refractivity contribution in [1.29, 1.82) is 0 Å². The van der Waals surface area contributed by atoms with E-state index in [1.807, 2.05) is 24.3 Å². The van der Waals surface area contributed by atoms with Crippen molar-refractivity contribution in [2.24, 2.45) is 0 Å². The lowest BCUT2D eigenvalue weighted by molar-refractivity contribution is 0.162. The van der Waals surface area contributed by atoms with E-state index in [2.05, 4.69) is 6.92 Å². The topological polar surface area (TPSA) is 54.4 Å². The number of sulfone groups is 1. The highest BCUT2D eigenvalue weighted by atomic mass is 32.2. The first-order valence-electron chi connectivity index (χ1n) is 7.00. The van der Waals surface area contributed by atoms with Gasteiger partial charge < -0.3 is 5.11 Å². The molecule has 0 spiro atoms. The second kappa shape index (κ2) is 6.06. The third kappa shape index (κ3) is 3.57. The predicted molar refractivity (Wildman–Crippen MR) is 77.0 cm³/mol. The Morgan fingerprint density at radius 2 is 1.84 bits per heavy atom. The molecule has 0 radical (unpaired) electrons. The Balaban J connectivity index is 2.05. The summed E-state index contributed by atoms with van der Waals surface area (Å²) in [5.74, 6) is 0.226. The Kier molecular flexibility index (Phi) is 4.63. The molecule has 19 heavy (non-hydrogen) atoms. The fourth-order valence-electron chi connectivity index (χ4n) is 2.70. The van der Waals surface area contributed by atoms with Gasteiger partial charge in [0.05, 0.1) is 17.1 Å². The summed E-state index contributed by atoms with van der Waals surface area (Å²) >= 11 is 0. The molecule has 1 heterocycles. The van der Waals surface area contributed by atoms with Crippen LogP contribution in [-0.2, 0) is 22.7 Å². The van der Waals surface area contributed by atoms with Crippen LogP contribution in [-0.4, -0.2) is 30.6 Å².